The van der Waals surface area contributed by atoms with Crippen LogP contribution in [0.5, 0.6) is 0 Å². The first-order valence-corrected chi connectivity index (χ1v) is 7.32. The Morgan fingerprint density at radius 2 is 1.94 bits per heavy atom. The van der Waals surface area contributed by atoms with E-state index in [2.05, 4.69) is 36.1 Å². The lowest BCUT2D eigenvalue weighted by Crippen LogP contribution is -2.34. The zero-order chi connectivity index (χ0) is 12.8. The second-order valence-corrected chi connectivity index (χ2v) is 5.46. The molecular formula is C16H26N2. The molecule has 1 aromatic rings. The third kappa shape index (κ3) is 3.56. The van der Waals surface area contributed by atoms with Crippen molar-refractivity contribution < 1.29 is 0 Å². The normalized spacial score (nSPS) is 21.8. The number of likely N-dealkylation sites (tertiary alicyclic amines) is 1. The predicted octanol–water partition coefficient (Wildman–Crippen LogP) is 2.95. The van der Waals surface area contributed by atoms with Crippen LogP contribution in [0.3, 0.4) is 0 Å². The van der Waals surface area contributed by atoms with Crippen LogP contribution in [0.4, 0.5) is 0 Å². The maximum absolute atomic E-state index is 5.80. The summed E-state index contributed by atoms with van der Waals surface area (Å²) >= 11 is 0. The first kappa shape index (κ1) is 13.6. The third-order valence-corrected chi connectivity index (χ3v) is 4.20. The second kappa shape index (κ2) is 6.91. The van der Waals surface area contributed by atoms with Gasteiger partial charge in [-0.25, -0.2) is 0 Å². The minimum Gasteiger partial charge on any atom is -0.326 e. The summed E-state index contributed by atoms with van der Waals surface area (Å²) < 4.78 is 0. The minimum atomic E-state index is 0.658. The summed E-state index contributed by atoms with van der Waals surface area (Å²) in [6.45, 7) is 5.48. The third-order valence-electron chi connectivity index (χ3n) is 4.20. The Balaban J connectivity index is 1.93. The quantitative estimate of drug-likeness (QED) is 0.885. The topological polar surface area (TPSA) is 29.3 Å². The fourth-order valence-corrected chi connectivity index (χ4v) is 2.93. The van der Waals surface area contributed by atoms with Crippen LogP contribution in [0.15, 0.2) is 24.3 Å². The SMILES string of the molecule is CC1CCCCCN1CCc1ccccc1CN. The molecule has 1 heterocycles. The van der Waals surface area contributed by atoms with Crippen LogP contribution in [0.1, 0.15) is 43.7 Å². The fourth-order valence-electron chi connectivity index (χ4n) is 2.93. The highest BCUT2D eigenvalue weighted by molar-refractivity contribution is 5.27. The van der Waals surface area contributed by atoms with Gasteiger partial charge in [0.2, 0.25) is 0 Å². The number of benzene rings is 1. The van der Waals surface area contributed by atoms with Crippen molar-refractivity contribution in [1.82, 2.24) is 4.90 Å². The Hall–Kier alpha value is -0.860. The van der Waals surface area contributed by atoms with Gasteiger partial charge in [0, 0.05) is 19.1 Å². The molecule has 1 saturated heterocycles. The summed E-state index contributed by atoms with van der Waals surface area (Å²) in [6, 6.07) is 9.34. The Bertz CT molecular complexity index is 362. The van der Waals surface area contributed by atoms with Gasteiger partial charge in [-0.15, -0.1) is 0 Å². The largest absolute Gasteiger partial charge is 0.326 e. The van der Waals surface area contributed by atoms with Gasteiger partial charge >= 0.3 is 0 Å². The molecule has 0 bridgehead atoms. The fraction of sp³-hybridized carbons (Fsp3) is 0.625. The molecule has 1 unspecified atom stereocenters. The molecule has 100 valence electrons. The number of nitrogens with zero attached hydrogens (tertiary/aromatic N) is 1. The standard InChI is InChI=1S/C16H26N2/c1-14-7-3-2-6-11-18(14)12-10-15-8-4-5-9-16(15)13-17/h4-5,8-9,14H,2-3,6-7,10-13,17H2,1H3. The molecule has 1 fully saturated rings. The highest BCUT2D eigenvalue weighted by atomic mass is 15.1. The van der Waals surface area contributed by atoms with Gasteiger partial charge in [0.1, 0.15) is 0 Å². The molecule has 0 amide bonds. The van der Waals surface area contributed by atoms with Gasteiger partial charge in [-0.05, 0) is 43.9 Å². The Morgan fingerprint density at radius 3 is 2.72 bits per heavy atom. The maximum atomic E-state index is 5.80. The van der Waals surface area contributed by atoms with Gasteiger partial charge in [-0.3, -0.25) is 0 Å². The minimum absolute atomic E-state index is 0.658. The van der Waals surface area contributed by atoms with Crippen LogP contribution in [0.2, 0.25) is 0 Å². The molecule has 0 saturated carbocycles. The monoisotopic (exact) mass is 246 g/mol. The van der Waals surface area contributed by atoms with E-state index in [1.165, 1.54) is 49.9 Å². The second-order valence-electron chi connectivity index (χ2n) is 5.46. The van der Waals surface area contributed by atoms with E-state index in [1.54, 1.807) is 0 Å². The molecule has 0 aliphatic carbocycles. The highest BCUT2D eigenvalue weighted by Gasteiger charge is 2.16. The van der Waals surface area contributed by atoms with Crippen molar-refractivity contribution in [2.75, 3.05) is 13.1 Å². The number of hydrogen-bond donors (Lipinski definition) is 1. The highest BCUT2D eigenvalue weighted by Crippen LogP contribution is 2.17. The lowest BCUT2D eigenvalue weighted by Gasteiger charge is -2.27. The van der Waals surface area contributed by atoms with Crippen molar-refractivity contribution in [3.05, 3.63) is 35.4 Å². The molecule has 1 aliphatic rings. The van der Waals surface area contributed by atoms with Crippen molar-refractivity contribution in [2.45, 2.75) is 51.6 Å². The molecule has 2 heteroatoms. The van der Waals surface area contributed by atoms with E-state index in [4.69, 9.17) is 5.73 Å². The molecular weight excluding hydrogens is 220 g/mol. The van der Waals surface area contributed by atoms with E-state index in [9.17, 15) is 0 Å². The average molecular weight is 246 g/mol. The average Bonchev–Trinajstić information content (AvgIpc) is 2.61. The van der Waals surface area contributed by atoms with Gasteiger partial charge in [0.25, 0.3) is 0 Å². The van der Waals surface area contributed by atoms with E-state index in [0.29, 0.717) is 6.54 Å². The lowest BCUT2D eigenvalue weighted by molar-refractivity contribution is 0.216. The van der Waals surface area contributed by atoms with E-state index in [-0.39, 0.29) is 0 Å². The van der Waals surface area contributed by atoms with Gasteiger partial charge in [-0.1, -0.05) is 37.1 Å². The van der Waals surface area contributed by atoms with Crippen molar-refractivity contribution in [3.63, 3.8) is 0 Å². The van der Waals surface area contributed by atoms with Crippen LogP contribution in [0, 0.1) is 0 Å². The molecule has 18 heavy (non-hydrogen) atoms. The van der Waals surface area contributed by atoms with Gasteiger partial charge in [0.15, 0.2) is 0 Å². The molecule has 0 radical (unpaired) electrons. The molecule has 0 spiro atoms. The molecule has 1 atom stereocenters. The zero-order valence-corrected chi connectivity index (χ0v) is 11.6. The molecule has 0 aromatic heterocycles. The Morgan fingerprint density at radius 1 is 1.17 bits per heavy atom. The summed E-state index contributed by atoms with van der Waals surface area (Å²) in [4.78, 5) is 2.65. The number of rotatable bonds is 4. The molecule has 1 aromatic carbocycles. The maximum Gasteiger partial charge on any atom is 0.0180 e. The Kier molecular flexibility index (Phi) is 5.21. The lowest BCUT2D eigenvalue weighted by atomic mass is 10.0. The smallest absolute Gasteiger partial charge is 0.0180 e. The predicted molar refractivity (Wildman–Crippen MR) is 77.5 cm³/mol. The van der Waals surface area contributed by atoms with Crippen molar-refractivity contribution in [3.8, 4) is 0 Å². The van der Waals surface area contributed by atoms with Crippen LogP contribution >= 0.6 is 0 Å². The first-order valence-electron chi connectivity index (χ1n) is 7.32. The van der Waals surface area contributed by atoms with E-state index >= 15 is 0 Å². The van der Waals surface area contributed by atoms with Gasteiger partial charge in [-0.2, -0.15) is 0 Å². The van der Waals surface area contributed by atoms with Gasteiger partial charge in [0.05, 0.1) is 0 Å². The first-order chi connectivity index (χ1) is 8.81. The summed E-state index contributed by atoms with van der Waals surface area (Å²) in [5, 5.41) is 0. The van der Waals surface area contributed by atoms with Crippen LogP contribution in [0.25, 0.3) is 0 Å². The van der Waals surface area contributed by atoms with Crippen LogP contribution in [-0.2, 0) is 13.0 Å². The number of hydrogen-bond acceptors (Lipinski definition) is 2. The molecule has 1 aliphatic heterocycles. The Labute approximate surface area is 111 Å². The van der Waals surface area contributed by atoms with Crippen LogP contribution < -0.4 is 5.73 Å². The summed E-state index contributed by atoms with van der Waals surface area (Å²) in [5.74, 6) is 0. The summed E-state index contributed by atoms with van der Waals surface area (Å²) in [5.41, 5.74) is 8.53. The van der Waals surface area contributed by atoms with E-state index < -0.39 is 0 Å². The van der Waals surface area contributed by atoms with E-state index in [1.807, 2.05) is 0 Å². The van der Waals surface area contributed by atoms with Gasteiger partial charge < -0.3 is 10.6 Å². The van der Waals surface area contributed by atoms with Crippen molar-refractivity contribution in [2.24, 2.45) is 5.73 Å². The van der Waals surface area contributed by atoms with Crippen molar-refractivity contribution >= 4 is 0 Å². The molecule has 2 N–H and O–H groups in total. The van der Waals surface area contributed by atoms with Crippen LogP contribution in [-0.4, -0.2) is 24.0 Å². The van der Waals surface area contributed by atoms with E-state index in [0.717, 1.165) is 12.5 Å². The number of nitrogens with two attached hydrogens (primary N) is 1. The summed E-state index contributed by atoms with van der Waals surface area (Å²) in [6.07, 6.45) is 6.66. The summed E-state index contributed by atoms with van der Waals surface area (Å²) in [7, 11) is 0. The van der Waals surface area contributed by atoms with Crippen molar-refractivity contribution in [1.29, 1.82) is 0 Å². The zero-order valence-electron chi connectivity index (χ0n) is 11.6. The molecule has 2 nitrogen and oxygen atoms in total. The molecule has 2 rings (SSSR count).